The number of amides is 1. The molecule has 2 heteroatoms. The third kappa shape index (κ3) is 5.19. The molecule has 1 rings (SSSR count). The van der Waals surface area contributed by atoms with Gasteiger partial charge in [-0.25, -0.2) is 0 Å². The molecule has 1 aliphatic rings. The van der Waals surface area contributed by atoms with Gasteiger partial charge in [0.25, 0.3) is 0 Å². The average molecular weight is 211 g/mol. The van der Waals surface area contributed by atoms with Crippen molar-refractivity contribution >= 4 is 5.91 Å². The van der Waals surface area contributed by atoms with Crippen molar-refractivity contribution in [3.8, 4) is 0 Å². The van der Waals surface area contributed by atoms with E-state index in [-0.39, 0.29) is 0 Å². The van der Waals surface area contributed by atoms with E-state index in [0.29, 0.717) is 11.3 Å². The molecule has 2 nitrogen and oxygen atoms in total. The van der Waals surface area contributed by atoms with Crippen molar-refractivity contribution in [3.05, 3.63) is 0 Å². The molecule has 0 aromatic carbocycles. The van der Waals surface area contributed by atoms with Gasteiger partial charge in [-0.2, -0.15) is 0 Å². The van der Waals surface area contributed by atoms with Crippen molar-refractivity contribution in [2.75, 3.05) is 13.1 Å². The lowest BCUT2D eigenvalue weighted by molar-refractivity contribution is -0.132. The number of carbonyl (C=O) groups is 1. The molecule has 0 atom stereocenters. The zero-order chi connectivity index (χ0) is 11.3. The summed E-state index contributed by atoms with van der Waals surface area (Å²) in [5.74, 6) is 0.374. The molecule has 1 fully saturated rings. The van der Waals surface area contributed by atoms with Gasteiger partial charge in [0.05, 0.1) is 0 Å². The maximum Gasteiger partial charge on any atom is 0.222 e. The van der Waals surface area contributed by atoms with E-state index in [4.69, 9.17) is 0 Å². The highest BCUT2D eigenvalue weighted by Gasteiger charge is 2.18. The second kappa shape index (κ2) is 5.53. The summed E-state index contributed by atoms with van der Waals surface area (Å²) >= 11 is 0. The van der Waals surface area contributed by atoms with Crippen LogP contribution < -0.4 is 0 Å². The molecule has 0 saturated carbocycles. The molecule has 0 aromatic heterocycles. The van der Waals surface area contributed by atoms with Crippen LogP contribution in [0.1, 0.15) is 59.3 Å². The first-order valence-corrected chi connectivity index (χ1v) is 6.27. The maximum atomic E-state index is 11.8. The summed E-state index contributed by atoms with van der Waals surface area (Å²) in [4.78, 5) is 13.9. The number of likely N-dealkylation sites (tertiary alicyclic amines) is 1. The minimum atomic E-state index is 0.336. The molecule has 0 bridgehead atoms. The molecule has 0 spiro atoms. The average Bonchev–Trinajstić information content (AvgIpc) is 2.09. The highest BCUT2D eigenvalue weighted by molar-refractivity contribution is 5.76. The molecule has 0 N–H and O–H groups in total. The summed E-state index contributed by atoms with van der Waals surface area (Å²) in [5, 5.41) is 0. The monoisotopic (exact) mass is 211 g/mol. The molecule has 0 aromatic rings. The van der Waals surface area contributed by atoms with Gasteiger partial charge in [0.15, 0.2) is 0 Å². The summed E-state index contributed by atoms with van der Waals surface area (Å²) in [6.07, 6.45) is 6.68. The summed E-state index contributed by atoms with van der Waals surface area (Å²) in [6.45, 7) is 8.64. The van der Waals surface area contributed by atoms with E-state index in [1.807, 2.05) is 0 Å². The van der Waals surface area contributed by atoms with Crippen LogP contribution >= 0.6 is 0 Å². The van der Waals surface area contributed by atoms with Crippen molar-refractivity contribution in [1.29, 1.82) is 0 Å². The van der Waals surface area contributed by atoms with Crippen molar-refractivity contribution in [2.45, 2.75) is 59.3 Å². The van der Waals surface area contributed by atoms with Crippen LogP contribution in [-0.4, -0.2) is 23.9 Å². The predicted molar refractivity (Wildman–Crippen MR) is 63.7 cm³/mol. The first kappa shape index (κ1) is 12.5. The standard InChI is InChI=1S/C13H25NO/c1-13(2,3)9-11-14-10-7-5-4-6-8-12(14)15/h4-11H2,1-3H3. The largest absolute Gasteiger partial charge is 0.343 e. The third-order valence-electron chi connectivity index (χ3n) is 3.05. The number of rotatable bonds is 2. The lowest BCUT2D eigenvalue weighted by Crippen LogP contribution is -2.35. The van der Waals surface area contributed by atoms with Gasteiger partial charge in [-0.05, 0) is 24.7 Å². The van der Waals surface area contributed by atoms with Crippen LogP contribution in [0.15, 0.2) is 0 Å². The molecule has 1 saturated heterocycles. The van der Waals surface area contributed by atoms with Crippen molar-refractivity contribution in [3.63, 3.8) is 0 Å². The lowest BCUT2D eigenvalue weighted by Gasteiger charge is -2.28. The van der Waals surface area contributed by atoms with E-state index in [2.05, 4.69) is 25.7 Å². The summed E-state index contributed by atoms with van der Waals surface area (Å²) in [5.41, 5.74) is 0.336. The Morgan fingerprint density at radius 3 is 2.47 bits per heavy atom. The van der Waals surface area contributed by atoms with Crippen LogP contribution in [0.5, 0.6) is 0 Å². The molecule has 88 valence electrons. The quantitative estimate of drug-likeness (QED) is 0.687. The molecular formula is C13H25NO. The molecule has 0 aliphatic carbocycles. The van der Waals surface area contributed by atoms with E-state index in [9.17, 15) is 4.79 Å². The van der Waals surface area contributed by atoms with E-state index < -0.39 is 0 Å². The maximum absolute atomic E-state index is 11.8. The Bertz CT molecular complexity index is 205. The SMILES string of the molecule is CC(C)(C)CCN1CCCCCCC1=O. The Hall–Kier alpha value is -0.530. The van der Waals surface area contributed by atoms with Crippen LogP contribution in [0.25, 0.3) is 0 Å². The first-order valence-electron chi connectivity index (χ1n) is 6.27. The molecule has 0 unspecified atom stereocenters. The molecule has 15 heavy (non-hydrogen) atoms. The van der Waals surface area contributed by atoms with E-state index >= 15 is 0 Å². The normalized spacial score (nSPS) is 19.9. The third-order valence-corrected chi connectivity index (χ3v) is 3.05. The van der Waals surface area contributed by atoms with Gasteiger partial charge < -0.3 is 4.90 Å². The van der Waals surface area contributed by atoms with Crippen LogP contribution in [0.4, 0.5) is 0 Å². The Balaban J connectivity index is 2.39. The van der Waals surface area contributed by atoms with Gasteiger partial charge in [0.2, 0.25) is 5.91 Å². The Morgan fingerprint density at radius 1 is 1.13 bits per heavy atom. The summed E-state index contributed by atoms with van der Waals surface area (Å²) in [7, 11) is 0. The van der Waals surface area contributed by atoms with Crippen LogP contribution in [0.3, 0.4) is 0 Å². The molecule has 0 radical (unpaired) electrons. The predicted octanol–water partition coefficient (Wildman–Crippen LogP) is 3.22. The lowest BCUT2D eigenvalue weighted by atomic mass is 9.92. The topological polar surface area (TPSA) is 20.3 Å². The molecular weight excluding hydrogens is 186 g/mol. The Morgan fingerprint density at radius 2 is 1.80 bits per heavy atom. The van der Waals surface area contributed by atoms with E-state index in [1.54, 1.807) is 0 Å². The number of hydrogen-bond acceptors (Lipinski definition) is 1. The van der Waals surface area contributed by atoms with E-state index in [0.717, 1.165) is 32.4 Å². The van der Waals surface area contributed by atoms with Gasteiger partial charge >= 0.3 is 0 Å². The Kier molecular flexibility index (Phi) is 4.62. The zero-order valence-electron chi connectivity index (χ0n) is 10.5. The fourth-order valence-corrected chi connectivity index (χ4v) is 1.92. The fourth-order valence-electron chi connectivity index (χ4n) is 1.92. The van der Waals surface area contributed by atoms with Crippen molar-refractivity contribution in [2.24, 2.45) is 5.41 Å². The van der Waals surface area contributed by atoms with Gasteiger partial charge in [-0.3, -0.25) is 4.79 Å². The second-order valence-electron chi connectivity index (χ2n) is 5.86. The highest BCUT2D eigenvalue weighted by Crippen LogP contribution is 2.20. The molecule has 1 amide bonds. The zero-order valence-corrected chi connectivity index (χ0v) is 10.5. The second-order valence-corrected chi connectivity index (χ2v) is 5.86. The van der Waals surface area contributed by atoms with Crippen molar-refractivity contribution in [1.82, 2.24) is 4.90 Å². The highest BCUT2D eigenvalue weighted by atomic mass is 16.2. The summed E-state index contributed by atoms with van der Waals surface area (Å²) < 4.78 is 0. The van der Waals surface area contributed by atoms with Crippen LogP contribution in [0.2, 0.25) is 0 Å². The minimum absolute atomic E-state index is 0.336. The molecule has 1 heterocycles. The Labute approximate surface area is 94.0 Å². The summed E-state index contributed by atoms with van der Waals surface area (Å²) in [6, 6.07) is 0. The van der Waals surface area contributed by atoms with Gasteiger partial charge in [-0.15, -0.1) is 0 Å². The number of nitrogens with zero attached hydrogens (tertiary/aromatic N) is 1. The molecule has 1 aliphatic heterocycles. The minimum Gasteiger partial charge on any atom is -0.343 e. The van der Waals surface area contributed by atoms with Crippen LogP contribution in [0, 0.1) is 5.41 Å². The van der Waals surface area contributed by atoms with E-state index in [1.165, 1.54) is 19.3 Å². The van der Waals surface area contributed by atoms with Gasteiger partial charge in [-0.1, -0.05) is 33.6 Å². The van der Waals surface area contributed by atoms with Crippen LogP contribution in [-0.2, 0) is 4.79 Å². The van der Waals surface area contributed by atoms with Gasteiger partial charge in [0, 0.05) is 19.5 Å². The number of hydrogen-bond donors (Lipinski definition) is 0. The van der Waals surface area contributed by atoms with Gasteiger partial charge in [0.1, 0.15) is 0 Å². The smallest absolute Gasteiger partial charge is 0.222 e. The number of carbonyl (C=O) groups excluding carboxylic acids is 1. The fraction of sp³-hybridized carbons (Fsp3) is 0.923. The van der Waals surface area contributed by atoms with Crippen molar-refractivity contribution < 1.29 is 4.79 Å². The first-order chi connectivity index (χ1) is 6.99.